The molecule has 0 saturated carbocycles. The highest BCUT2D eigenvalue weighted by molar-refractivity contribution is 6.02. The third kappa shape index (κ3) is 4.26. The second-order valence-electron chi connectivity index (χ2n) is 5.83. The van der Waals surface area contributed by atoms with E-state index >= 15 is 0 Å². The standard InChI is InChI=1S/C20H21N3O2/c1-3-11-25-18-6-4-5-16(12-18)22-20(24)19-13-23(14-21-19)17-9-7-15(2)8-10-17/h4-10,12-14H,3,11H2,1-2H3,(H,22,24). The molecule has 0 aliphatic carbocycles. The van der Waals surface area contributed by atoms with Crippen molar-refractivity contribution < 1.29 is 9.53 Å². The molecule has 1 N–H and O–H groups in total. The van der Waals surface area contributed by atoms with E-state index in [1.54, 1.807) is 12.5 Å². The van der Waals surface area contributed by atoms with Crippen molar-refractivity contribution in [2.45, 2.75) is 20.3 Å². The molecule has 128 valence electrons. The number of rotatable bonds is 6. The smallest absolute Gasteiger partial charge is 0.275 e. The summed E-state index contributed by atoms with van der Waals surface area (Å²) in [6.45, 7) is 4.74. The molecular formula is C20H21N3O2. The number of anilines is 1. The van der Waals surface area contributed by atoms with Crippen LogP contribution in [0.5, 0.6) is 5.75 Å². The average Bonchev–Trinajstić information content (AvgIpc) is 3.11. The zero-order chi connectivity index (χ0) is 17.6. The molecule has 0 unspecified atom stereocenters. The van der Waals surface area contributed by atoms with Crippen LogP contribution in [0.25, 0.3) is 5.69 Å². The number of amides is 1. The number of hydrogen-bond acceptors (Lipinski definition) is 3. The fourth-order valence-corrected chi connectivity index (χ4v) is 2.38. The van der Waals surface area contributed by atoms with Gasteiger partial charge in [-0.25, -0.2) is 4.98 Å². The molecule has 0 radical (unpaired) electrons. The van der Waals surface area contributed by atoms with Gasteiger partial charge in [0.1, 0.15) is 17.8 Å². The second kappa shape index (κ2) is 7.66. The van der Waals surface area contributed by atoms with Crippen molar-refractivity contribution >= 4 is 11.6 Å². The predicted octanol–water partition coefficient (Wildman–Crippen LogP) is 4.22. The molecule has 0 saturated heterocycles. The summed E-state index contributed by atoms with van der Waals surface area (Å²) in [4.78, 5) is 16.6. The average molecular weight is 335 g/mol. The number of benzene rings is 2. The fraction of sp³-hybridized carbons (Fsp3) is 0.200. The molecule has 0 atom stereocenters. The molecule has 1 amide bonds. The molecule has 25 heavy (non-hydrogen) atoms. The van der Waals surface area contributed by atoms with E-state index in [1.807, 2.05) is 60.0 Å². The van der Waals surface area contributed by atoms with Gasteiger partial charge in [-0.15, -0.1) is 0 Å². The van der Waals surface area contributed by atoms with E-state index in [2.05, 4.69) is 17.2 Å². The van der Waals surface area contributed by atoms with Crippen molar-refractivity contribution in [3.8, 4) is 11.4 Å². The first kappa shape index (κ1) is 16.8. The topological polar surface area (TPSA) is 56.1 Å². The summed E-state index contributed by atoms with van der Waals surface area (Å²) in [7, 11) is 0. The molecule has 5 heteroatoms. The van der Waals surface area contributed by atoms with E-state index in [9.17, 15) is 4.79 Å². The first-order chi connectivity index (χ1) is 12.2. The van der Waals surface area contributed by atoms with Crippen LogP contribution in [0.15, 0.2) is 61.1 Å². The Morgan fingerprint density at radius 3 is 2.76 bits per heavy atom. The monoisotopic (exact) mass is 335 g/mol. The largest absolute Gasteiger partial charge is 0.494 e. The summed E-state index contributed by atoms with van der Waals surface area (Å²) in [6.07, 6.45) is 4.30. The number of aryl methyl sites for hydroxylation is 1. The maximum atomic E-state index is 12.4. The third-order valence-electron chi connectivity index (χ3n) is 3.71. The molecule has 5 nitrogen and oxygen atoms in total. The Morgan fingerprint density at radius 2 is 2.00 bits per heavy atom. The number of carbonyl (C=O) groups is 1. The SMILES string of the molecule is CCCOc1cccc(NC(=O)c2cn(-c3ccc(C)cc3)cn2)c1. The predicted molar refractivity (Wildman–Crippen MR) is 98.5 cm³/mol. The van der Waals surface area contributed by atoms with Crippen LogP contribution < -0.4 is 10.1 Å². The lowest BCUT2D eigenvalue weighted by molar-refractivity contribution is 0.102. The summed E-state index contributed by atoms with van der Waals surface area (Å²) < 4.78 is 7.41. The lowest BCUT2D eigenvalue weighted by Crippen LogP contribution is -2.12. The Hall–Kier alpha value is -3.08. The number of nitrogens with zero attached hydrogens (tertiary/aromatic N) is 2. The highest BCUT2D eigenvalue weighted by Crippen LogP contribution is 2.18. The molecule has 1 heterocycles. The normalized spacial score (nSPS) is 10.5. The number of imidazole rings is 1. The van der Waals surface area contributed by atoms with E-state index in [4.69, 9.17) is 4.74 Å². The Kier molecular flexibility index (Phi) is 5.14. The van der Waals surface area contributed by atoms with Gasteiger partial charge in [0.25, 0.3) is 5.91 Å². The highest BCUT2D eigenvalue weighted by atomic mass is 16.5. The van der Waals surface area contributed by atoms with E-state index in [0.717, 1.165) is 17.9 Å². The maximum absolute atomic E-state index is 12.4. The van der Waals surface area contributed by atoms with Crippen molar-refractivity contribution in [3.05, 3.63) is 72.3 Å². The van der Waals surface area contributed by atoms with Gasteiger partial charge in [-0.05, 0) is 37.6 Å². The van der Waals surface area contributed by atoms with Gasteiger partial charge in [-0.3, -0.25) is 4.79 Å². The van der Waals surface area contributed by atoms with E-state index in [0.29, 0.717) is 18.0 Å². The molecule has 0 bridgehead atoms. The zero-order valence-electron chi connectivity index (χ0n) is 14.4. The van der Waals surface area contributed by atoms with E-state index in [1.165, 1.54) is 5.56 Å². The first-order valence-corrected chi connectivity index (χ1v) is 8.31. The minimum atomic E-state index is -0.251. The summed E-state index contributed by atoms with van der Waals surface area (Å²) >= 11 is 0. The van der Waals surface area contributed by atoms with E-state index < -0.39 is 0 Å². The zero-order valence-corrected chi connectivity index (χ0v) is 14.4. The Labute approximate surface area is 147 Å². The summed E-state index contributed by atoms with van der Waals surface area (Å²) in [5.74, 6) is 0.489. The minimum Gasteiger partial charge on any atom is -0.494 e. The van der Waals surface area contributed by atoms with Crippen LogP contribution in [-0.2, 0) is 0 Å². The van der Waals surface area contributed by atoms with Crippen LogP contribution in [-0.4, -0.2) is 22.1 Å². The van der Waals surface area contributed by atoms with Crippen LogP contribution in [0.2, 0.25) is 0 Å². The van der Waals surface area contributed by atoms with Gasteiger partial charge in [-0.1, -0.05) is 30.7 Å². The lowest BCUT2D eigenvalue weighted by Gasteiger charge is -2.07. The van der Waals surface area contributed by atoms with Gasteiger partial charge in [0.15, 0.2) is 0 Å². The Morgan fingerprint density at radius 1 is 1.20 bits per heavy atom. The molecule has 3 aromatic rings. The molecule has 3 rings (SSSR count). The van der Waals surface area contributed by atoms with Gasteiger partial charge < -0.3 is 14.6 Å². The van der Waals surface area contributed by atoms with Crippen molar-refractivity contribution in [2.75, 3.05) is 11.9 Å². The number of ether oxygens (including phenoxy) is 1. The second-order valence-corrected chi connectivity index (χ2v) is 5.83. The summed E-state index contributed by atoms with van der Waals surface area (Å²) in [5.41, 5.74) is 3.20. The number of aromatic nitrogens is 2. The number of nitrogens with one attached hydrogen (secondary N) is 1. The Balaban J connectivity index is 1.70. The number of hydrogen-bond donors (Lipinski definition) is 1. The fourth-order valence-electron chi connectivity index (χ4n) is 2.38. The molecule has 0 spiro atoms. The highest BCUT2D eigenvalue weighted by Gasteiger charge is 2.11. The van der Waals surface area contributed by atoms with Gasteiger partial charge >= 0.3 is 0 Å². The quantitative estimate of drug-likeness (QED) is 0.734. The number of carbonyl (C=O) groups excluding carboxylic acids is 1. The minimum absolute atomic E-state index is 0.251. The van der Waals surface area contributed by atoms with Crippen molar-refractivity contribution in [2.24, 2.45) is 0 Å². The third-order valence-corrected chi connectivity index (χ3v) is 3.71. The lowest BCUT2D eigenvalue weighted by atomic mass is 10.2. The first-order valence-electron chi connectivity index (χ1n) is 8.31. The van der Waals surface area contributed by atoms with Gasteiger partial charge in [-0.2, -0.15) is 0 Å². The van der Waals surface area contributed by atoms with Crippen molar-refractivity contribution in [1.29, 1.82) is 0 Å². The van der Waals surface area contributed by atoms with Crippen LogP contribution in [0.4, 0.5) is 5.69 Å². The Bertz CT molecular complexity index is 853. The van der Waals surface area contributed by atoms with Crippen LogP contribution in [0.3, 0.4) is 0 Å². The maximum Gasteiger partial charge on any atom is 0.275 e. The molecule has 2 aromatic carbocycles. The molecule has 0 fully saturated rings. The van der Waals surface area contributed by atoms with Gasteiger partial charge in [0.05, 0.1) is 6.61 Å². The molecule has 1 aromatic heterocycles. The van der Waals surface area contributed by atoms with Crippen molar-refractivity contribution in [3.63, 3.8) is 0 Å². The molecule has 0 aliphatic heterocycles. The summed E-state index contributed by atoms with van der Waals surface area (Å²) in [5, 5.41) is 2.85. The molecular weight excluding hydrogens is 314 g/mol. The van der Waals surface area contributed by atoms with Gasteiger partial charge in [0, 0.05) is 23.6 Å². The van der Waals surface area contributed by atoms with Gasteiger partial charge in [0.2, 0.25) is 0 Å². The molecule has 0 aliphatic rings. The van der Waals surface area contributed by atoms with Crippen LogP contribution in [0.1, 0.15) is 29.4 Å². The van der Waals surface area contributed by atoms with Crippen molar-refractivity contribution in [1.82, 2.24) is 9.55 Å². The van der Waals surface area contributed by atoms with Crippen LogP contribution >= 0.6 is 0 Å². The van der Waals surface area contributed by atoms with Crippen LogP contribution in [0, 0.1) is 6.92 Å². The summed E-state index contributed by atoms with van der Waals surface area (Å²) in [6, 6.07) is 15.4. The van der Waals surface area contributed by atoms with E-state index in [-0.39, 0.29) is 5.91 Å².